The largest absolute Gasteiger partial charge is 0.279 e. The second-order valence-corrected chi connectivity index (χ2v) is 44.8. The normalized spacial score (nSPS) is 13.2. The molecule has 0 rings (SSSR count). The lowest BCUT2D eigenvalue weighted by molar-refractivity contribution is 0.568. The van der Waals surface area contributed by atoms with Crippen LogP contribution in [0.2, 0.25) is 57.4 Å². The minimum atomic E-state index is -0.799. The van der Waals surface area contributed by atoms with Crippen LogP contribution in [-0.2, 0) is 0 Å². The zero-order valence-electron chi connectivity index (χ0n) is 43.0. The van der Waals surface area contributed by atoms with Gasteiger partial charge in [0.1, 0.15) is 0 Å². The van der Waals surface area contributed by atoms with Crippen molar-refractivity contribution >= 4 is 56.6 Å². The average Bonchev–Trinajstić information content (AvgIpc) is 2.76. The summed E-state index contributed by atoms with van der Waals surface area (Å²) in [5.74, 6) is 5.44. The Balaban J connectivity index is -0.000000295. The van der Waals surface area contributed by atoms with Crippen molar-refractivity contribution in [1.82, 2.24) is 0 Å². The highest BCUT2D eigenvalue weighted by Gasteiger charge is 2.48. The Morgan fingerprint density at radius 2 is 0.481 bits per heavy atom. The first-order chi connectivity index (χ1) is 22.6. The van der Waals surface area contributed by atoms with Gasteiger partial charge in [0.15, 0.2) is 0 Å². The molecule has 0 nitrogen and oxygen atoms in total. The third kappa shape index (κ3) is 35.3. The molecule has 0 radical (unpaired) electrons. The molecule has 312 valence electrons. The summed E-state index contributed by atoms with van der Waals surface area (Å²) in [7, 11) is 0. The van der Waals surface area contributed by atoms with Crippen LogP contribution in [0.25, 0.3) is 0 Å². The van der Waals surface area contributed by atoms with E-state index in [1.807, 2.05) is 0 Å². The fourth-order valence-corrected chi connectivity index (χ4v) is 31.8. The number of hydrogen-bond acceptors (Lipinski definition) is 0. The Morgan fingerprint density at radius 3 is 0.577 bits per heavy atom. The molecule has 0 unspecified atom stereocenters. The molecule has 0 aliphatic heterocycles. The Morgan fingerprint density at radius 1 is 0.269 bits per heavy atom. The van der Waals surface area contributed by atoms with Crippen LogP contribution >= 0.6 is 0 Å². The molecular formula is C48H108Al4. The standard InChI is InChI=1S/12C4H9.4Al/c12*1-4(2)3;;;;/h6*1-3H3;6*4H,1H2,2-3H3;;;;. The summed E-state index contributed by atoms with van der Waals surface area (Å²) in [5.41, 5.74) is 0. The monoisotopic (exact) mass is 793 g/mol. The van der Waals surface area contributed by atoms with Gasteiger partial charge in [0.05, 0.1) is 0 Å². The lowest BCUT2D eigenvalue weighted by Crippen LogP contribution is -2.42. The van der Waals surface area contributed by atoms with E-state index < -0.39 is 56.6 Å². The Labute approximate surface area is 354 Å². The number of rotatable bonds is 12. The van der Waals surface area contributed by atoms with E-state index in [1.54, 1.807) is 15.8 Å². The third-order valence-electron chi connectivity index (χ3n) is 10.5. The van der Waals surface area contributed by atoms with Crippen molar-refractivity contribution in [3.05, 3.63) is 0 Å². The van der Waals surface area contributed by atoms with Crippen molar-refractivity contribution in [3.8, 4) is 0 Å². The van der Waals surface area contributed by atoms with Gasteiger partial charge >= 0.3 is 0 Å². The molecule has 0 saturated heterocycles. The second kappa shape index (κ2) is 26.3. The summed E-state index contributed by atoms with van der Waals surface area (Å²) in [6.07, 6.45) is 0. The van der Waals surface area contributed by atoms with Crippen LogP contribution in [0.3, 0.4) is 0 Å². The van der Waals surface area contributed by atoms with Crippen molar-refractivity contribution in [2.45, 2.75) is 265 Å². The SMILES string of the molecule is CC(C)[CH2][Al]([CH2]C(C)C)[CH2]C(C)C.CC(C)[CH2][Al]([CH2]C(C)C)[C](C)(C)C.CC(C)[CH2][Al]([C](C)(C)C)[C](C)(C)C.C[C](C)(C)[Al]([C](C)(C)C)[C](C)(C)C. The van der Waals surface area contributed by atoms with Crippen molar-refractivity contribution in [2.24, 2.45) is 35.5 Å². The smallest absolute Gasteiger partial charge is 0.0915 e. The molecule has 0 heterocycles. The molecule has 0 saturated carbocycles. The van der Waals surface area contributed by atoms with E-state index in [0.717, 1.165) is 35.5 Å². The molecule has 0 aromatic carbocycles. The first-order valence-corrected chi connectivity index (χ1v) is 30.9. The quantitative estimate of drug-likeness (QED) is 0.173. The van der Waals surface area contributed by atoms with Gasteiger partial charge in [-0.15, -0.1) is 0 Å². The fraction of sp³-hybridized carbons (Fsp3) is 1.00. The van der Waals surface area contributed by atoms with Crippen LogP contribution in [0.4, 0.5) is 0 Å². The summed E-state index contributed by atoms with van der Waals surface area (Å²) in [6, 6.07) is 0. The molecule has 4 heteroatoms. The Hall–Kier alpha value is 2.13. The summed E-state index contributed by atoms with van der Waals surface area (Å²) in [5, 5.41) is 9.17. The predicted molar refractivity (Wildman–Crippen MR) is 259 cm³/mol. The average molecular weight is 793 g/mol. The van der Waals surface area contributed by atoms with E-state index in [2.05, 4.69) is 208 Å². The second-order valence-electron chi connectivity index (χ2n) is 26.5. The highest BCUT2D eigenvalue weighted by atomic mass is 27.2. The zero-order chi connectivity index (χ0) is 43.0. The molecule has 0 aliphatic carbocycles. The summed E-state index contributed by atoms with van der Waals surface area (Å²) in [4.78, 5) is 0. The van der Waals surface area contributed by atoms with Crippen LogP contribution in [0.15, 0.2) is 0 Å². The molecule has 0 spiro atoms. The van der Waals surface area contributed by atoms with E-state index in [1.165, 1.54) is 15.8 Å². The van der Waals surface area contributed by atoms with E-state index in [9.17, 15) is 0 Å². The molecule has 0 bridgehead atoms. The van der Waals surface area contributed by atoms with Crippen LogP contribution in [0.1, 0.15) is 208 Å². The van der Waals surface area contributed by atoms with Crippen LogP contribution in [0, 0.1) is 35.5 Å². The highest BCUT2D eigenvalue weighted by Crippen LogP contribution is 2.53. The molecule has 52 heavy (non-hydrogen) atoms. The maximum Gasteiger partial charge on any atom is 0.279 e. The van der Waals surface area contributed by atoms with E-state index in [4.69, 9.17) is 0 Å². The molecule has 0 N–H and O–H groups in total. The van der Waals surface area contributed by atoms with Gasteiger partial charge in [-0.1, -0.05) is 301 Å². The highest BCUT2D eigenvalue weighted by molar-refractivity contribution is 6.68. The molecular weight excluding hydrogens is 684 g/mol. The lowest BCUT2D eigenvalue weighted by atomic mass is 10.2. The van der Waals surface area contributed by atoms with Gasteiger partial charge in [-0.25, -0.2) is 0 Å². The zero-order valence-corrected chi connectivity index (χ0v) is 47.6. The fourth-order valence-electron chi connectivity index (χ4n) is 10.6. The molecule has 0 atom stereocenters. The van der Waals surface area contributed by atoms with Crippen molar-refractivity contribution < 1.29 is 0 Å². The van der Waals surface area contributed by atoms with Crippen molar-refractivity contribution in [1.29, 1.82) is 0 Å². The van der Waals surface area contributed by atoms with Gasteiger partial charge in [-0.3, -0.25) is 0 Å². The molecule has 0 aliphatic rings. The Kier molecular flexibility index (Phi) is 30.7. The van der Waals surface area contributed by atoms with E-state index >= 15 is 0 Å². The van der Waals surface area contributed by atoms with Crippen LogP contribution < -0.4 is 0 Å². The first-order valence-electron chi connectivity index (χ1n) is 22.6. The maximum absolute atomic E-state index is 2.44. The van der Waals surface area contributed by atoms with E-state index in [0.29, 0.717) is 25.7 Å². The van der Waals surface area contributed by atoms with Crippen LogP contribution in [0.5, 0.6) is 0 Å². The van der Waals surface area contributed by atoms with Gasteiger partial charge in [0, 0.05) is 0 Å². The maximum atomic E-state index is 2.44. The topological polar surface area (TPSA) is 0 Å². The van der Waals surface area contributed by atoms with Gasteiger partial charge in [-0.05, 0) is 0 Å². The van der Waals surface area contributed by atoms with Gasteiger partial charge in [0.25, 0.3) is 56.6 Å². The van der Waals surface area contributed by atoms with Crippen molar-refractivity contribution in [3.63, 3.8) is 0 Å². The lowest BCUT2D eigenvalue weighted by Gasteiger charge is -2.44. The summed E-state index contributed by atoms with van der Waals surface area (Å²) in [6.45, 7) is 72.1. The van der Waals surface area contributed by atoms with Crippen molar-refractivity contribution in [2.75, 3.05) is 0 Å². The van der Waals surface area contributed by atoms with Gasteiger partial charge < -0.3 is 0 Å². The molecule has 0 fully saturated rings. The predicted octanol–water partition coefficient (Wildman–Crippen LogP) is 18.7. The molecule has 0 amide bonds. The summed E-state index contributed by atoms with van der Waals surface area (Å²) < 4.78 is 3.34. The Bertz CT molecular complexity index is 759. The van der Waals surface area contributed by atoms with Gasteiger partial charge in [0.2, 0.25) is 0 Å². The minimum Gasteiger partial charge on any atom is -0.0915 e. The third-order valence-corrected chi connectivity index (χ3v) is 31.6. The van der Waals surface area contributed by atoms with Crippen LogP contribution in [-0.4, -0.2) is 56.6 Å². The molecule has 0 aromatic heterocycles. The van der Waals surface area contributed by atoms with Gasteiger partial charge in [-0.2, -0.15) is 0 Å². The number of hydrogen-bond donors (Lipinski definition) is 0. The first kappa shape index (κ1) is 60.8. The molecule has 0 aromatic rings. The summed E-state index contributed by atoms with van der Waals surface area (Å²) >= 11 is -2.41. The minimum absolute atomic E-state index is 0.407. The van der Waals surface area contributed by atoms with E-state index in [-0.39, 0.29) is 0 Å².